The highest BCUT2D eigenvalue weighted by molar-refractivity contribution is 7.13. The Kier molecular flexibility index (Phi) is 5.16. The zero-order valence-electron chi connectivity index (χ0n) is 12.6. The van der Waals surface area contributed by atoms with E-state index in [4.69, 9.17) is 5.73 Å². The summed E-state index contributed by atoms with van der Waals surface area (Å²) in [6, 6.07) is 8.17. The number of hydrogen-bond acceptors (Lipinski definition) is 4. The van der Waals surface area contributed by atoms with E-state index in [0.29, 0.717) is 12.5 Å². The van der Waals surface area contributed by atoms with E-state index >= 15 is 0 Å². The molecule has 1 aromatic carbocycles. The van der Waals surface area contributed by atoms with Gasteiger partial charge >= 0.3 is 0 Å². The van der Waals surface area contributed by atoms with E-state index in [0.717, 1.165) is 22.9 Å². The third-order valence-electron chi connectivity index (χ3n) is 2.94. The molecule has 6 heteroatoms. The van der Waals surface area contributed by atoms with Crippen LogP contribution in [0.15, 0.2) is 34.6 Å². The number of guanidine groups is 1. The van der Waals surface area contributed by atoms with Gasteiger partial charge in [-0.1, -0.05) is 19.1 Å². The van der Waals surface area contributed by atoms with Crippen LogP contribution in [-0.4, -0.2) is 25.0 Å². The van der Waals surface area contributed by atoms with E-state index in [2.05, 4.69) is 34.3 Å². The second-order valence-electron chi connectivity index (χ2n) is 4.90. The Balaban J connectivity index is 1.96. The highest BCUT2D eigenvalue weighted by Gasteiger charge is 2.03. The van der Waals surface area contributed by atoms with E-state index in [-0.39, 0.29) is 0 Å². The fraction of sp³-hybridized carbons (Fsp3) is 0.333. The highest BCUT2D eigenvalue weighted by Crippen LogP contribution is 2.18. The first-order chi connectivity index (χ1) is 10.1. The van der Waals surface area contributed by atoms with Crippen LogP contribution in [0, 0.1) is 0 Å². The normalized spacial score (nSPS) is 11.5. The van der Waals surface area contributed by atoms with E-state index in [1.54, 1.807) is 11.3 Å². The molecule has 0 aliphatic heterocycles. The number of anilines is 2. The molecule has 0 fully saturated rings. The summed E-state index contributed by atoms with van der Waals surface area (Å²) in [6.45, 7) is 2.61. The fourth-order valence-electron chi connectivity index (χ4n) is 1.80. The van der Waals surface area contributed by atoms with Crippen molar-refractivity contribution in [1.29, 1.82) is 0 Å². The Hall–Kier alpha value is -2.08. The Labute approximate surface area is 129 Å². The number of nitrogens with one attached hydrogen (secondary N) is 1. The van der Waals surface area contributed by atoms with E-state index in [9.17, 15) is 0 Å². The molecule has 3 N–H and O–H groups in total. The molecule has 2 rings (SSSR count). The van der Waals surface area contributed by atoms with Crippen LogP contribution in [0.2, 0.25) is 0 Å². The highest BCUT2D eigenvalue weighted by atomic mass is 32.1. The van der Waals surface area contributed by atoms with Crippen LogP contribution in [-0.2, 0) is 13.0 Å². The number of nitrogens with two attached hydrogens (primary N) is 1. The van der Waals surface area contributed by atoms with Crippen LogP contribution in [0.5, 0.6) is 0 Å². The standard InChI is InChI=1S/C15H21N5S/c1-4-11-6-5-7-12(8-11)18-14(16)17-9-13-10-21-15(19-13)20(2)3/h5-8,10H,4,9H2,1-3H3,(H3,16,17,18). The lowest BCUT2D eigenvalue weighted by Crippen LogP contribution is -2.22. The maximum absolute atomic E-state index is 5.92. The predicted octanol–water partition coefficient (Wildman–Crippen LogP) is 2.70. The van der Waals surface area contributed by atoms with Gasteiger partial charge in [-0.3, -0.25) is 0 Å². The molecule has 2 aromatic rings. The number of rotatable bonds is 5. The van der Waals surface area contributed by atoms with E-state index in [1.807, 2.05) is 36.5 Å². The molecule has 112 valence electrons. The van der Waals surface area contributed by atoms with Crippen molar-refractivity contribution in [1.82, 2.24) is 4.98 Å². The number of aliphatic imine (C=N–C) groups is 1. The van der Waals surface area contributed by atoms with E-state index in [1.165, 1.54) is 5.56 Å². The minimum absolute atomic E-state index is 0.405. The van der Waals surface area contributed by atoms with Gasteiger partial charge < -0.3 is 16.0 Å². The quantitative estimate of drug-likeness (QED) is 0.658. The van der Waals surface area contributed by atoms with Gasteiger partial charge in [0.25, 0.3) is 0 Å². The molecule has 0 aliphatic rings. The number of aryl methyl sites for hydroxylation is 1. The van der Waals surface area contributed by atoms with Crippen LogP contribution in [0.3, 0.4) is 0 Å². The van der Waals surface area contributed by atoms with Crippen molar-refractivity contribution in [3.63, 3.8) is 0 Å². The molecule has 0 saturated heterocycles. The first-order valence-corrected chi connectivity index (χ1v) is 7.74. The SMILES string of the molecule is CCc1cccc(NC(N)=NCc2csc(N(C)C)n2)c1. The molecule has 0 bridgehead atoms. The summed E-state index contributed by atoms with van der Waals surface area (Å²) in [6.07, 6.45) is 0.999. The Bertz CT molecular complexity index is 618. The van der Waals surface area contributed by atoms with Gasteiger partial charge in [0.1, 0.15) is 0 Å². The molecule has 0 saturated carbocycles. The van der Waals surface area contributed by atoms with Crippen LogP contribution >= 0.6 is 11.3 Å². The lowest BCUT2D eigenvalue weighted by atomic mass is 10.1. The van der Waals surface area contributed by atoms with Gasteiger partial charge in [0, 0.05) is 25.2 Å². The van der Waals surface area contributed by atoms with Crippen molar-refractivity contribution < 1.29 is 0 Å². The molecule has 21 heavy (non-hydrogen) atoms. The van der Waals surface area contributed by atoms with Gasteiger partial charge in [-0.2, -0.15) is 0 Å². The van der Waals surface area contributed by atoms with Gasteiger partial charge in [0.2, 0.25) is 0 Å². The number of benzene rings is 1. The molecular formula is C15H21N5S. The minimum Gasteiger partial charge on any atom is -0.370 e. The molecule has 0 aliphatic carbocycles. The number of aromatic nitrogens is 1. The number of nitrogens with zero attached hydrogens (tertiary/aromatic N) is 3. The molecule has 0 radical (unpaired) electrons. The van der Waals surface area contributed by atoms with Gasteiger partial charge in [0.15, 0.2) is 11.1 Å². The summed E-state index contributed by atoms with van der Waals surface area (Å²) in [5.74, 6) is 0.405. The topological polar surface area (TPSA) is 66.5 Å². The van der Waals surface area contributed by atoms with Crippen molar-refractivity contribution in [2.45, 2.75) is 19.9 Å². The monoisotopic (exact) mass is 303 g/mol. The summed E-state index contributed by atoms with van der Waals surface area (Å²) in [5, 5.41) is 6.09. The maximum Gasteiger partial charge on any atom is 0.193 e. The predicted molar refractivity (Wildman–Crippen MR) is 91.2 cm³/mol. The summed E-state index contributed by atoms with van der Waals surface area (Å²) < 4.78 is 0. The lowest BCUT2D eigenvalue weighted by Gasteiger charge is -2.07. The van der Waals surface area contributed by atoms with Crippen LogP contribution in [0.25, 0.3) is 0 Å². The first kappa shape index (κ1) is 15.3. The molecule has 0 amide bonds. The van der Waals surface area contributed by atoms with E-state index < -0.39 is 0 Å². The van der Waals surface area contributed by atoms with Crippen LogP contribution in [0.4, 0.5) is 10.8 Å². The molecule has 1 heterocycles. The smallest absolute Gasteiger partial charge is 0.193 e. The second kappa shape index (κ2) is 7.08. The summed E-state index contributed by atoms with van der Waals surface area (Å²) in [5.41, 5.74) is 9.07. The molecule has 0 atom stereocenters. The van der Waals surface area contributed by atoms with Gasteiger partial charge in [-0.05, 0) is 24.1 Å². The maximum atomic E-state index is 5.92. The Morgan fingerprint density at radius 3 is 2.90 bits per heavy atom. The van der Waals surface area contributed by atoms with Crippen molar-refractivity contribution in [2.75, 3.05) is 24.3 Å². The first-order valence-electron chi connectivity index (χ1n) is 6.86. The molecular weight excluding hydrogens is 282 g/mol. The fourth-order valence-corrected chi connectivity index (χ4v) is 2.55. The molecule has 1 aromatic heterocycles. The average Bonchev–Trinajstić information content (AvgIpc) is 2.94. The van der Waals surface area contributed by atoms with Crippen LogP contribution in [0.1, 0.15) is 18.2 Å². The van der Waals surface area contributed by atoms with Gasteiger partial charge in [-0.15, -0.1) is 11.3 Å². The summed E-state index contributed by atoms with van der Waals surface area (Å²) >= 11 is 1.60. The lowest BCUT2D eigenvalue weighted by molar-refractivity contribution is 0.986. The van der Waals surface area contributed by atoms with Gasteiger partial charge in [0.05, 0.1) is 12.2 Å². The molecule has 0 unspecified atom stereocenters. The molecule has 0 spiro atoms. The Morgan fingerprint density at radius 2 is 2.24 bits per heavy atom. The zero-order valence-corrected chi connectivity index (χ0v) is 13.4. The van der Waals surface area contributed by atoms with Crippen LogP contribution < -0.4 is 16.0 Å². The van der Waals surface area contributed by atoms with Crippen molar-refractivity contribution in [2.24, 2.45) is 10.7 Å². The number of thiazole rings is 1. The second-order valence-corrected chi connectivity index (χ2v) is 5.73. The third-order valence-corrected chi connectivity index (χ3v) is 4.00. The third kappa shape index (κ3) is 4.46. The minimum atomic E-state index is 0.405. The van der Waals surface area contributed by atoms with Crippen molar-refractivity contribution in [3.8, 4) is 0 Å². The van der Waals surface area contributed by atoms with Gasteiger partial charge in [-0.25, -0.2) is 9.98 Å². The average molecular weight is 303 g/mol. The summed E-state index contributed by atoms with van der Waals surface area (Å²) in [7, 11) is 3.95. The zero-order chi connectivity index (χ0) is 15.2. The Morgan fingerprint density at radius 1 is 1.43 bits per heavy atom. The summed E-state index contributed by atoms with van der Waals surface area (Å²) in [4.78, 5) is 10.8. The largest absolute Gasteiger partial charge is 0.370 e. The molecule has 5 nitrogen and oxygen atoms in total. The van der Waals surface area contributed by atoms with Crippen molar-refractivity contribution in [3.05, 3.63) is 40.9 Å². The van der Waals surface area contributed by atoms with Crippen molar-refractivity contribution >= 4 is 28.1 Å². The number of hydrogen-bond donors (Lipinski definition) is 2.